The number of amides is 1. The lowest BCUT2D eigenvalue weighted by molar-refractivity contribution is -0.137. The first-order valence-electron chi connectivity index (χ1n) is 7.82. The van der Waals surface area contributed by atoms with Crippen LogP contribution >= 0.6 is 0 Å². The zero-order valence-electron chi connectivity index (χ0n) is 13.9. The molecule has 23 heavy (non-hydrogen) atoms. The monoisotopic (exact) mass is 341 g/mol. The first kappa shape index (κ1) is 17.9. The molecule has 1 aliphatic heterocycles. The van der Waals surface area contributed by atoms with Gasteiger partial charge in [0, 0.05) is 18.5 Å². The maximum absolute atomic E-state index is 13.4. The van der Waals surface area contributed by atoms with Crippen LogP contribution in [0.3, 0.4) is 0 Å². The Kier molecular flexibility index (Phi) is 5.14. The predicted octanol–water partition coefficient (Wildman–Crippen LogP) is 2.78. The second kappa shape index (κ2) is 6.59. The number of hydrogen-bond donors (Lipinski definition) is 0. The van der Waals surface area contributed by atoms with Gasteiger partial charge in [-0.15, -0.1) is 0 Å². The highest BCUT2D eigenvalue weighted by atomic mass is 32.2. The standard InChI is InChI=1S/C17H24FNO3S/c1-17(2,3)19(11-13-5-4-6-15(18)9-13)16(20)10-14-7-8-23(21,22)12-14/h4-6,9,14H,7-8,10-12H2,1-3H3. The van der Waals surface area contributed by atoms with Gasteiger partial charge in [0.15, 0.2) is 9.84 Å². The van der Waals surface area contributed by atoms with Crippen molar-refractivity contribution in [1.82, 2.24) is 4.90 Å². The largest absolute Gasteiger partial charge is 0.334 e. The average molecular weight is 341 g/mol. The lowest BCUT2D eigenvalue weighted by Gasteiger charge is -2.36. The van der Waals surface area contributed by atoms with E-state index in [2.05, 4.69) is 0 Å². The zero-order valence-corrected chi connectivity index (χ0v) is 14.7. The van der Waals surface area contributed by atoms with E-state index in [9.17, 15) is 17.6 Å². The second-order valence-electron chi connectivity index (χ2n) is 7.25. The number of halogens is 1. The highest BCUT2D eigenvalue weighted by Gasteiger charge is 2.33. The van der Waals surface area contributed by atoms with Gasteiger partial charge in [0.1, 0.15) is 5.82 Å². The fourth-order valence-electron chi connectivity index (χ4n) is 2.91. The quantitative estimate of drug-likeness (QED) is 0.846. The molecule has 1 aliphatic rings. The molecule has 1 unspecified atom stereocenters. The van der Waals surface area contributed by atoms with Crippen molar-refractivity contribution in [3.63, 3.8) is 0 Å². The van der Waals surface area contributed by atoms with Gasteiger partial charge < -0.3 is 4.90 Å². The fraction of sp³-hybridized carbons (Fsp3) is 0.588. The van der Waals surface area contributed by atoms with Crippen molar-refractivity contribution < 1.29 is 17.6 Å². The summed E-state index contributed by atoms with van der Waals surface area (Å²) in [5.41, 5.74) is 0.313. The molecule has 1 fully saturated rings. The summed E-state index contributed by atoms with van der Waals surface area (Å²) < 4.78 is 36.5. The van der Waals surface area contributed by atoms with Gasteiger partial charge in [-0.05, 0) is 50.8 Å². The molecule has 1 amide bonds. The van der Waals surface area contributed by atoms with Crippen LogP contribution in [0, 0.1) is 11.7 Å². The van der Waals surface area contributed by atoms with E-state index in [0.29, 0.717) is 13.0 Å². The van der Waals surface area contributed by atoms with Gasteiger partial charge in [0.05, 0.1) is 11.5 Å². The van der Waals surface area contributed by atoms with Crippen LogP contribution < -0.4 is 0 Å². The summed E-state index contributed by atoms with van der Waals surface area (Å²) in [7, 11) is -2.99. The maximum atomic E-state index is 13.4. The summed E-state index contributed by atoms with van der Waals surface area (Å²) >= 11 is 0. The van der Waals surface area contributed by atoms with Crippen molar-refractivity contribution in [2.75, 3.05) is 11.5 Å². The highest BCUT2D eigenvalue weighted by Crippen LogP contribution is 2.26. The lowest BCUT2D eigenvalue weighted by Crippen LogP contribution is -2.45. The summed E-state index contributed by atoms with van der Waals surface area (Å²) in [6.45, 7) is 6.10. The van der Waals surface area contributed by atoms with Crippen LogP contribution in [0.2, 0.25) is 0 Å². The topological polar surface area (TPSA) is 54.5 Å². The van der Waals surface area contributed by atoms with E-state index in [0.717, 1.165) is 5.56 Å². The highest BCUT2D eigenvalue weighted by molar-refractivity contribution is 7.91. The van der Waals surface area contributed by atoms with Crippen molar-refractivity contribution in [3.05, 3.63) is 35.6 Å². The number of carbonyl (C=O) groups is 1. The van der Waals surface area contributed by atoms with Crippen LogP contribution in [0.25, 0.3) is 0 Å². The van der Waals surface area contributed by atoms with Crippen LogP contribution in [0.4, 0.5) is 4.39 Å². The molecule has 1 heterocycles. The molecular weight excluding hydrogens is 317 g/mol. The number of sulfone groups is 1. The molecular formula is C17H24FNO3S. The second-order valence-corrected chi connectivity index (χ2v) is 9.48. The molecule has 0 spiro atoms. The molecule has 1 atom stereocenters. The number of nitrogens with zero attached hydrogens (tertiary/aromatic N) is 1. The Morgan fingerprint density at radius 3 is 2.57 bits per heavy atom. The minimum Gasteiger partial charge on any atom is -0.334 e. The Bertz CT molecular complexity index is 679. The Morgan fingerprint density at radius 2 is 2.04 bits per heavy atom. The summed E-state index contributed by atoms with van der Waals surface area (Å²) in [6.07, 6.45) is 0.776. The summed E-state index contributed by atoms with van der Waals surface area (Å²) in [5, 5.41) is 0. The van der Waals surface area contributed by atoms with Crippen LogP contribution in [-0.2, 0) is 21.2 Å². The van der Waals surface area contributed by atoms with Crippen molar-refractivity contribution in [2.24, 2.45) is 5.92 Å². The molecule has 1 saturated heterocycles. The lowest BCUT2D eigenvalue weighted by atomic mass is 9.99. The molecule has 1 aromatic carbocycles. The molecule has 0 saturated carbocycles. The van der Waals surface area contributed by atoms with Crippen LogP contribution in [0.5, 0.6) is 0 Å². The Morgan fingerprint density at radius 1 is 1.35 bits per heavy atom. The van der Waals surface area contributed by atoms with E-state index >= 15 is 0 Å². The number of carbonyl (C=O) groups excluding carboxylic acids is 1. The molecule has 0 aromatic heterocycles. The molecule has 1 aromatic rings. The van der Waals surface area contributed by atoms with Crippen molar-refractivity contribution in [1.29, 1.82) is 0 Å². The van der Waals surface area contributed by atoms with Gasteiger partial charge >= 0.3 is 0 Å². The summed E-state index contributed by atoms with van der Waals surface area (Å²) in [6, 6.07) is 6.21. The third-order valence-corrected chi connectivity index (χ3v) is 5.97. The van der Waals surface area contributed by atoms with Crippen LogP contribution in [0.1, 0.15) is 39.2 Å². The van der Waals surface area contributed by atoms with E-state index in [-0.39, 0.29) is 35.6 Å². The number of rotatable bonds is 4. The van der Waals surface area contributed by atoms with E-state index < -0.39 is 15.4 Å². The average Bonchev–Trinajstić information content (AvgIpc) is 2.74. The van der Waals surface area contributed by atoms with Gasteiger partial charge in [-0.3, -0.25) is 4.79 Å². The minimum atomic E-state index is -2.99. The number of benzene rings is 1. The Balaban J connectivity index is 2.11. The van der Waals surface area contributed by atoms with Gasteiger partial charge in [0.2, 0.25) is 5.91 Å². The molecule has 4 nitrogen and oxygen atoms in total. The minimum absolute atomic E-state index is 0.0798. The van der Waals surface area contributed by atoms with Gasteiger partial charge in [-0.2, -0.15) is 0 Å². The van der Waals surface area contributed by atoms with E-state index in [1.54, 1.807) is 17.0 Å². The maximum Gasteiger partial charge on any atom is 0.223 e. The normalized spacial score (nSPS) is 20.4. The smallest absolute Gasteiger partial charge is 0.223 e. The summed E-state index contributed by atoms with van der Waals surface area (Å²) in [5.74, 6) is -0.250. The molecule has 0 radical (unpaired) electrons. The van der Waals surface area contributed by atoms with Crippen LogP contribution in [-0.4, -0.2) is 36.3 Å². The fourth-order valence-corrected chi connectivity index (χ4v) is 4.77. The van der Waals surface area contributed by atoms with Gasteiger partial charge in [-0.1, -0.05) is 12.1 Å². The zero-order chi connectivity index (χ0) is 17.3. The molecule has 128 valence electrons. The third-order valence-electron chi connectivity index (χ3n) is 4.13. The number of hydrogen-bond acceptors (Lipinski definition) is 3. The molecule has 2 rings (SSSR count). The van der Waals surface area contributed by atoms with Gasteiger partial charge in [0.25, 0.3) is 0 Å². The molecule has 0 N–H and O–H groups in total. The third kappa shape index (κ3) is 5.03. The molecule has 6 heteroatoms. The Hall–Kier alpha value is -1.43. The first-order valence-corrected chi connectivity index (χ1v) is 9.64. The van der Waals surface area contributed by atoms with Crippen molar-refractivity contribution >= 4 is 15.7 Å². The summed E-state index contributed by atoms with van der Waals surface area (Å²) in [4.78, 5) is 14.4. The SMILES string of the molecule is CC(C)(C)N(Cc1cccc(F)c1)C(=O)CC1CCS(=O)(=O)C1. The van der Waals surface area contributed by atoms with E-state index in [1.807, 2.05) is 20.8 Å². The van der Waals surface area contributed by atoms with E-state index in [1.165, 1.54) is 12.1 Å². The van der Waals surface area contributed by atoms with Gasteiger partial charge in [-0.25, -0.2) is 12.8 Å². The van der Waals surface area contributed by atoms with Crippen molar-refractivity contribution in [2.45, 2.75) is 45.7 Å². The first-order chi connectivity index (χ1) is 10.6. The molecule has 0 bridgehead atoms. The predicted molar refractivity (Wildman–Crippen MR) is 88.1 cm³/mol. The Labute approximate surface area is 137 Å². The molecule has 0 aliphatic carbocycles. The van der Waals surface area contributed by atoms with Crippen molar-refractivity contribution in [3.8, 4) is 0 Å². The van der Waals surface area contributed by atoms with E-state index in [4.69, 9.17) is 0 Å². The van der Waals surface area contributed by atoms with Crippen LogP contribution in [0.15, 0.2) is 24.3 Å².